The second-order valence-corrected chi connectivity index (χ2v) is 17.3. The summed E-state index contributed by atoms with van der Waals surface area (Å²) >= 11 is 0. The van der Waals surface area contributed by atoms with Crippen molar-refractivity contribution in [3.63, 3.8) is 0 Å². The van der Waals surface area contributed by atoms with Gasteiger partial charge in [-0.1, -0.05) is 45.9 Å². The van der Waals surface area contributed by atoms with Gasteiger partial charge in [-0.3, -0.25) is 33.7 Å². The molecule has 5 atom stereocenters. The molecule has 3 aliphatic heterocycles. The van der Waals surface area contributed by atoms with Gasteiger partial charge in [0.15, 0.2) is 0 Å². The first-order valence-electron chi connectivity index (χ1n) is 21.8. The number of ether oxygens (including phenoxy) is 1. The van der Waals surface area contributed by atoms with Gasteiger partial charge < -0.3 is 45.9 Å². The predicted molar refractivity (Wildman–Crippen MR) is 234 cm³/mol. The molecule has 0 saturated carbocycles. The first kappa shape index (κ1) is 46.8. The molecule has 1 fully saturated rings. The van der Waals surface area contributed by atoms with Crippen molar-refractivity contribution in [3.05, 3.63) is 62.9 Å². The monoisotopic (exact) mass is 871 g/mol. The van der Waals surface area contributed by atoms with Gasteiger partial charge in [0.2, 0.25) is 23.6 Å². The number of aliphatic carboxylic acids is 1. The molecule has 0 radical (unpaired) electrons. The number of cyclic esters (lactones) is 1. The fourth-order valence-corrected chi connectivity index (χ4v) is 9.60. The highest BCUT2D eigenvalue weighted by atomic mass is 16.5. The third kappa shape index (κ3) is 8.93. The van der Waals surface area contributed by atoms with Gasteiger partial charge in [0.05, 0.1) is 35.4 Å². The fraction of sp³-hybridized carbons (Fsp3) is 0.556. The minimum Gasteiger partial charge on any atom is -0.480 e. The van der Waals surface area contributed by atoms with Crippen molar-refractivity contribution in [2.45, 2.75) is 103 Å². The zero-order valence-electron chi connectivity index (χ0n) is 37.3. The average Bonchev–Trinajstić information content (AvgIpc) is 3.89. The molecule has 6 N–H and O–H groups in total. The van der Waals surface area contributed by atoms with Crippen molar-refractivity contribution in [1.29, 1.82) is 0 Å². The minimum absolute atomic E-state index is 0.00135. The number of amides is 4. The van der Waals surface area contributed by atoms with Crippen LogP contribution in [0.15, 0.2) is 35.1 Å². The maximum atomic E-state index is 15.2. The topological polar surface area (TPSA) is 239 Å². The number of carboxylic acids is 1. The van der Waals surface area contributed by atoms with Gasteiger partial charge in [-0.2, -0.15) is 0 Å². The van der Waals surface area contributed by atoms with Crippen LogP contribution in [0.25, 0.3) is 22.3 Å². The number of pyridine rings is 2. The van der Waals surface area contributed by atoms with E-state index < -0.39 is 77.5 Å². The smallest absolute Gasteiger partial charge is 0.326 e. The molecular formula is C45H61N9O9. The number of benzene rings is 1. The van der Waals surface area contributed by atoms with Crippen LogP contribution in [0.2, 0.25) is 0 Å². The molecule has 0 aliphatic carbocycles. The molecule has 3 aliphatic rings. The lowest BCUT2D eigenvalue weighted by Crippen LogP contribution is -2.65. The van der Waals surface area contributed by atoms with Crippen LogP contribution in [-0.2, 0) is 58.5 Å². The number of nitrogens with one attached hydrogen (secondary N) is 3. The summed E-state index contributed by atoms with van der Waals surface area (Å²) in [6.45, 7) is 9.25. The third-order valence-electron chi connectivity index (χ3n) is 13.0. The number of hydrogen-bond donors (Lipinski definition) is 5. The van der Waals surface area contributed by atoms with Crippen molar-refractivity contribution in [3.8, 4) is 11.4 Å². The lowest BCUT2D eigenvalue weighted by Gasteiger charge is -2.45. The summed E-state index contributed by atoms with van der Waals surface area (Å²) < 4.78 is 7.52. The Morgan fingerprint density at radius 2 is 1.78 bits per heavy atom. The predicted octanol–water partition coefficient (Wildman–Crippen LogP) is 0.720. The summed E-state index contributed by atoms with van der Waals surface area (Å²) in [5, 5.41) is 19.1. The zero-order chi connectivity index (χ0) is 45.9. The number of rotatable bonds is 19. The molecule has 3 aromatic rings. The Kier molecular flexibility index (Phi) is 14.4. The molecule has 18 heteroatoms. The number of aromatic nitrogens is 2. The van der Waals surface area contributed by atoms with Gasteiger partial charge in [-0.25, -0.2) is 9.78 Å². The molecule has 0 spiro atoms. The standard InChI is InChI=1S/C45H61N9O9/c1-8-26-27-13-10-11-14-31(27)48-37-28(26)23-54-34(37)21-30-29(41(54)58)24-63-44(62)45(30,9-2)38(52(7)20-19-51(6)18-16-47-5)40(57)49-32(22-35(46)55)42(59)53-17-12-15-33(53)39(56)50-36(25(3)4)43(60)61/h10-11,13-14,21,25,32-33,36,38,47H,8-9,12,15-20,22-24H2,1-7H3,(H2,46,55)(H,49,57)(H,50,56)(H,60,61)/t32-,33-,36-,38?,45-/m0/s1. The summed E-state index contributed by atoms with van der Waals surface area (Å²) in [5.41, 5.74) is 7.94. The van der Waals surface area contributed by atoms with Crippen LogP contribution < -0.4 is 27.2 Å². The third-order valence-corrected chi connectivity index (χ3v) is 13.0. The Morgan fingerprint density at radius 1 is 1.05 bits per heavy atom. The van der Waals surface area contributed by atoms with Crippen molar-refractivity contribution in [2.75, 3.05) is 53.9 Å². The van der Waals surface area contributed by atoms with Crippen molar-refractivity contribution < 1.29 is 38.6 Å². The van der Waals surface area contributed by atoms with Crippen molar-refractivity contribution in [2.24, 2.45) is 11.7 Å². The Labute approximate surface area is 366 Å². The molecule has 1 saturated heterocycles. The largest absolute Gasteiger partial charge is 0.480 e. The van der Waals surface area contributed by atoms with E-state index in [1.165, 1.54) is 4.90 Å². The number of esters is 1. The van der Waals surface area contributed by atoms with E-state index in [9.17, 15) is 33.9 Å². The number of nitrogens with two attached hydrogens (primary N) is 1. The lowest BCUT2D eigenvalue weighted by molar-refractivity contribution is -0.161. The van der Waals surface area contributed by atoms with Gasteiger partial charge in [-0.05, 0) is 76.0 Å². The normalized spacial score (nSPS) is 19.4. The Balaban J connectivity index is 1.44. The average molecular weight is 872 g/mol. The molecule has 6 rings (SSSR count). The van der Waals surface area contributed by atoms with E-state index in [2.05, 4.69) is 27.8 Å². The molecule has 340 valence electrons. The first-order chi connectivity index (χ1) is 30.0. The van der Waals surface area contributed by atoms with E-state index in [-0.39, 0.29) is 50.2 Å². The van der Waals surface area contributed by atoms with E-state index >= 15 is 4.79 Å². The second-order valence-electron chi connectivity index (χ2n) is 17.3. The van der Waals surface area contributed by atoms with Crippen LogP contribution in [0, 0.1) is 5.92 Å². The molecule has 5 heterocycles. The van der Waals surface area contributed by atoms with Gasteiger partial charge in [-0.15, -0.1) is 0 Å². The molecular weight excluding hydrogens is 811 g/mol. The summed E-state index contributed by atoms with van der Waals surface area (Å²) in [5.74, 6) is -5.55. The number of carbonyl (C=O) groups is 6. The van der Waals surface area contributed by atoms with E-state index in [4.69, 9.17) is 15.5 Å². The maximum absolute atomic E-state index is 15.2. The van der Waals surface area contributed by atoms with E-state index in [0.717, 1.165) is 22.0 Å². The van der Waals surface area contributed by atoms with Crippen LogP contribution in [0.1, 0.15) is 75.6 Å². The highest BCUT2D eigenvalue weighted by Gasteiger charge is 2.57. The molecule has 4 amide bonds. The SMILES string of the molecule is CCc1c2c(nc3ccccc13)-c1cc3c(c(=O)n1C2)COC(=O)[C@]3(CC)C(C(=O)N[C@@H](CC(N)=O)C(=O)N1CCC[C@H]1C(=O)N[C@H](C(=O)O)C(C)C)N(C)CCN(C)CCNC. The fourth-order valence-electron chi connectivity index (χ4n) is 9.60. The summed E-state index contributed by atoms with van der Waals surface area (Å²) in [4.78, 5) is 107. The van der Waals surface area contributed by atoms with Crippen LogP contribution >= 0.6 is 0 Å². The maximum Gasteiger partial charge on any atom is 0.326 e. The van der Waals surface area contributed by atoms with Crippen molar-refractivity contribution >= 4 is 46.5 Å². The summed E-state index contributed by atoms with van der Waals surface area (Å²) in [6.07, 6.45) is 0.691. The molecule has 1 unspecified atom stereocenters. The number of para-hydroxylation sites is 1. The Hall–Kier alpha value is -5.72. The number of primary amides is 1. The number of fused-ring (bicyclic) bond motifs is 5. The first-order valence-corrected chi connectivity index (χ1v) is 21.8. The van der Waals surface area contributed by atoms with Gasteiger partial charge in [0.1, 0.15) is 36.2 Å². The van der Waals surface area contributed by atoms with Crippen molar-refractivity contribution in [1.82, 2.24) is 40.2 Å². The van der Waals surface area contributed by atoms with Gasteiger partial charge in [0, 0.05) is 43.7 Å². The quantitative estimate of drug-likeness (QED) is 0.0818. The van der Waals surface area contributed by atoms with E-state index in [1.54, 1.807) is 43.4 Å². The molecule has 63 heavy (non-hydrogen) atoms. The van der Waals surface area contributed by atoms with Gasteiger partial charge in [0.25, 0.3) is 5.56 Å². The lowest BCUT2D eigenvalue weighted by atomic mass is 9.68. The zero-order valence-corrected chi connectivity index (χ0v) is 37.3. The number of carbonyl (C=O) groups excluding carboxylic acids is 5. The van der Waals surface area contributed by atoms with E-state index in [1.807, 2.05) is 38.4 Å². The number of carboxylic acid groups (broad SMARTS) is 1. The van der Waals surface area contributed by atoms with E-state index in [0.29, 0.717) is 49.4 Å². The van der Waals surface area contributed by atoms with Crippen LogP contribution in [0.5, 0.6) is 0 Å². The number of aryl methyl sites for hydroxylation is 1. The Morgan fingerprint density at radius 3 is 2.43 bits per heavy atom. The van der Waals surface area contributed by atoms with Crippen LogP contribution in [0.3, 0.4) is 0 Å². The number of hydrogen-bond acceptors (Lipinski definition) is 12. The molecule has 18 nitrogen and oxygen atoms in total. The van der Waals surface area contributed by atoms with Gasteiger partial charge >= 0.3 is 11.9 Å². The summed E-state index contributed by atoms with van der Waals surface area (Å²) in [6, 6.07) is 4.34. The molecule has 2 aromatic heterocycles. The minimum atomic E-state index is -1.79. The highest BCUT2D eigenvalue weighted by molar-refractivity contribution is 6.00. The molecule has 1 aromatic carbocycles. The number of likely N-dealkylation sites (N-methyl/N-ethyl adjacent to an activating group) is 3. The molecule has 0 bridgehead atoms. The summed E-state index contributed by atoms with van der Waals surface area (Å²) in [7, 11) is 5.45. The highest BCUT2D eigenvalue weighted by Crippen LogP contribution is 2.44. The van der Waals surface area contributed by atoms with Crippen LogP contribution in [-0.4, -0.2) is 143 Å². The number of nitrogens with zero attached hydrogens (tertiary/aromatic N) is 5. The Bertz CT molecular complexity index is 2350. The number of likely N-dealkylation sites (tertiary alicyclic amines) is 1. The van der Waals surface area contributed by atoms with Crippen LogP contribution in [0.4, 0.5) is 0 Å². The second kappa shape index (κ2) is 19.3.